The summed E-state index contributed by atoms with van der Waals surface area (Å²) in [4.78, 5) is 0. The number of hydrogen-bond donors (Lipinski definition) is 1. The lowest BCUT2D eigenvalue weighted by atomic mass is 10.2. The van der Waals surface area contributed by atoms with E-state index in [4.69, 9.17) is 5.73 Å². The Balaban J connectivity index is 2.86. The van der Waals surface area contributed by atoms with Gasteiger partial charge in [-0.25, -0.2) is 0 Å². The SMILES string of the molecule is C=CCn1nccc1C(C)N. The van der Waals surface area contributed by atoms with E-state index < -0.39 is 0 Å². The van der Waals surface area contributed by atoms with Gasteiger partial charge in [-0.3, -0.25) is 4.68 Å². The van der Waals surface area contributed by atoms with Crippen LogP contribution in [0.3, 0.4) is 0 Å². The summed E-state index contributed by atoms with van der Waals surface area (Å²) < 4.78 is 1.84. The molecule has 0 spiro atoms. The van der Waals surface area contributed by atoms with Crippen LogP contribution in [0.5, 0.6) is 0 Å². The first kappa shape index (κ1) is 8.01. The quantitative estimate of drug-likeness (QED) is 0.657. The fourth-order valence-corrected chi connectivity index (χ4v) is 1.00. The van der Waals surface area contributed by atoms with Crippen LogP contribution in [0.2, 0.25) is 0 Å². The molecule has 0 radical (unpaired) electrons. The van der Waals surface area contributed by atoms with E-state index >= 15 is 0 Å². The zero-order valence-electron chi connectivity index (χ0n) is 6.70. The van der Waals surface area contributed by atoms with Crippen LogP contribution in [0.25, 0.3) is 0 Å². The standard InChI is InChI=1S/C8H13N3/c1-3-6-11-8(7(2)9)4-5-10-11/h3-5,7H,1,6,9H2,2H3. The van der Waals surface area contributed by atoms with Gasteiger partial charge in [0.25, 0.3) is 0 Å². The molecular formula is C8H13N3. The van der Waals surface area contributed by atoms with E-state index in [1.165, 1.54) is 0 Å². The monoisotopic (exact) mass is 151 g/mol. The zero-order valence-corrected chi connectivity index (χ0v) is 6.70. The van der Waals surface area contributed by atoms with Gasteiger partial charge in [0.05, 0.1) is 12.2 Å². The molecule has 0 aliphatic rings. The van der Waals surface area contributed by atoms with Gasteiger partial charge in [-0.2, -0.15) is 5.10 Å². The van der Waals surface area contributed by atoms with Gasteiger partial charge < -0.3 is 5.73 Å². The molecule has 0 fully saturated rings. The fraction of sp³-hybridized carbons (Fsp3) is 0.375. The van der Waals surface area contributed by atoms with Crippen molar-refractivity contribution in [2.75, 3.05) is 0 Å². The van der Waals surface area contributed by atoms with E-state index in [1.807, 2.05) is 17.7 Å². The molecule has 0 saturated heterocycles. The van der Waals surface area contributed by atoms with Crippen molar-refractivity contribution in [2.45, 2.75) is 19.5 Å². The highest BCUT2D eigenvalue weighted by molar-refractivity contribution is 5.05. The van der Waals surface area contributed by atoms with Crippen molar-refractivity contribution in [3.05, 3.63) is 30.6 Å². The highest BCUT2D eigenvalue weighted by Crippen LogP contribution is 2.07. The second-order valence-corrected chi connectivity index (χ2v) is 2.52. The molecule has 60 valence electrons. The van der Waals surface area contributed by atoms with E-state index in [2.05, 4.69) is 11.7 Å². The number of allylic oxidation sites excluding steroid dienone is 1. The predicted octanol–water partition coefficient (Wildman–Crippen LogP) is 1.09. The maximum absolute atomic E-state index is 5.69. The summed E-state index contributed by atoms with van der Waals surface area (Å²) in [5.74, 6) is 0. The molecule has 0 amide bonds. The lowest BCUT2D eigenvalue weighted by Crippen LogP contribution is -2.12. The van der Waals surface area contributed by atoms with Gasteiger partial charge in [0.15, 0.2) is 0 Å². The minimum Gasteiger partial charge on any atom is -0.323 e. The van der Waals surface area contributed by atoms with E-state index in [1.54, 1.807) is 12.3 Å². The van der Waals surface area contributed by atoms with Crippen molar-refractivity contribution in [1.29, 1.82) is 0 Å². The third-order valence-corrected chi connectivity index (χ3v) is 1.52. The van der Waals surface area contributed by atoms with E-state index in [0.29, 0.717) is 0 Å². The molecule has 1 heterocycles. The van der Waals surface area contributed by atoms with Gasteiger partial charge in [0, 0.05) is 12.2 Å². The molecule has 3 nitrogen and oxygen atoms in total. The van der Waals surface area contributed by atoms with Crippen LogP contribution >= 0.6 is 0 Å². The smallest absolute Gasteiger partial charge is 0.0591 e. The molecule has 0 aliphatic heterocycles. The Morgan fingerprint density at radius 1 is 1.91 bits per heavy atom. The number of nitrogens with zero attached hydrogens (tertiary/aromatic N) is 2. The Morgan fingerprint density at radius 2 is 2.64 bits per heavy atom. The van der Waals surface area contributed by atoms with E-state index in [-0.39, 0.29) is 6.04 Å². The molecule has 0 bridgehead atoms. The fourth-order valence-electron chi connectivity index (χ4n) is 1.00. The molecular weight excluding hydrogens is 138 g/mol. The molecule has 0 aliphatic carbocycles. The maximum Gasteiger partial charge on any atom is 0.0591 e. The van der Waals surface area contributed by atoms with Crippen molar-refractivity contribution in [3.8, 4) is 0 Å². The van der Waals surface area contributed by atoms with Crippen LogP contribution in [0, 0.1) is 0 Å². The molecule has 0 saturated carbocycles. The number of nitrogens with two attached hydrogens (primary N) is 1. The first-order chi connectivity index (χ1) is 5.25. The summed E-state index contributed by atoms with van der Waals surface area (Å²) in [5.41, 5.74) is 6.74. The molecule has 1 rings (SSSR count). The van der Waals surface area contributed by atoms with Crippen molar-refractivity contribution in [3.63, 3.8) is 0 Å². The average molecular weight is 151 g/mol. The lowest BCUT2D eigenvalue weighted by molar-refractivity contribution is 0.617. The molecule has 3 heteroatoms. The summed E-state index contributed by atoms with van der Waals surface area (Å²) in [5, 5.41) is 4.09. The summed E-state index contributed by atoms with van der Waals surface area (Å²) >= 11 is 0. The Morgan fingerprint density at radius 3 is 3.18 bits per heavy atom. The van der Waals surface area contributed by atoms with E-state index in [0.717, 1.165) is 12.2 Å². The minimum absolute atomic E-state index is 0.0393. The Labute approximate surface area is 66.5 Å². The van der Waals surface area contributed by atoms with Gasteiger partial charge in [0.1, 0.15) is 0 Å². The summed E-state index contributed by atoms with van der Waals surface area (Å²) in [6, 6.07) is 1.96. The molecule has 0 aromatic carbocycles. The number of aromatic nitrogens is 2. The van der Waals surface area contributed by atoms with E-state index in [9.17, 15) is 0 Å². The summed E-state index contributed by atoms with van der Waals surface area (Å²) in [6.45, 7) is 6.30. The van der Waals surface area contributed by atoms with Gasteiger partial charge in [-0.05, 0) is 13.0 Å². The molecule has 1 unspecified atom stereocenters. The summed E-state index contributed by atoms with van der Waals surface area (Å²) in [7, 11) is 0. The normalized spacial score (nSPS) is 12.9. The van der Waals surface area contributed by atoms with Crippen molar-refractivity contribution in [2.24, 2.45) is 5.73 Å². The van der Waals surface area contributed by atoms with Crippen LogP contribution < -0.4 is 5.73 Å². The lowest BCUT2D eigenvalue weighted by Gasteiger charge is -2.06. The van der Waals surface area contributed by atoms with Crippen molar-refractivity contribution in [1.82, 2.24) is 9.78 Å². The Kier molecular flexibility index (Phi) is 2.44. The van der Waals surface area contributed by atoms with Crippen LogP contribution in [0.1, 0.15) is 18.7 Å². The van der Waals surface area contributed by atoms with Crippen LogP contribution in [0.15, 0.2) is 24.9 Å². The minimum atomic E-state index is 0.0393. The Bertz CT molecular complexity index is 237. The largest absolute Gasteiger partial charge is 0.323 e. The predicted molar refractivity (Wildman–Crippen MR) is 45.0 cm³/mol. The van der Waals surface area contributed by atoms with Crippen molar-refractivity contribution >= 4 is 0 Å². The van der Waals surface area contributed by atoms with Gasteiger partial charge in [-0.15, -0.1) is 6.58 Å². The highest BCUT2D eigenvalue weighted by atomic mass is 15.3. The zero-order chi connectivity index (χ0) is 8.27. The van der Waals surface area contributed by atoms with Crippen LogP contribution in [0.4, 0.5) is 0 Å². The van der Waals surface area contributed by atoms with Crippen LogP contribution in [-0.4, -0.2) is 9.78 Å². The average Bonchev–Trinajstić information content (AvgIpc) is 2.36. The third-order valence-electron chi connectivity index (χ3n) is 1.52. The number of hydrogen-bond acceptors (Lipinski definition) is 2. The first-order valence-corrected chi connectivity index (χ1v) is 3.64. The molecule has 1 aromatic rings. The van der Waals surface area contributed by atoms with Gasteiger partial charge >= 0.3 is 0 Å². The highest BCUT2D eigenvalue weighted by Gasteiger charge is 2.04. The molecule has 1 atom stereocenters. The second kappa shape index (κ2) is 3.34. The maximum atomic E-state index is 5.69. The molecule has 1 aromatic heterocycles. The topological polar surface area (TPSA) is 43.8 Å². The molecule has 11 heavy (non-hydrogen) atoms. The molecule has 2 N–H and O–H groups in total. The third kappa shape index (κ3) is 1.68. The van der Waals surface area contributed by atoms with Crippen molar-refractivity contribution < 1.29 is 0 Å². The van der Waals surface area contributed by atoms with Gasteiger partial charge in [0.2, 0.25) is 0 Å². The Hall–Kier alpha value is -1.09. The summed E-state index contributed by atoms with van der Waals surface area (Å²) in [6.07, 6.45) is 3.56. The second-order valence-electron chi connectivity index (χ2n) is 2.52. The van der Waals surface area contributed by atoms with Crippen LogP contribution in [-0.2, 0) is 6.54 Å². The number of rotatable bonds is 3. The van der Waals surface area contributed by atoms with Gasteiger partial charge in [-0.1, -0.05) is 6.08 Å². The first-order valence-electron chi connectivity index (χ1n) is 3.64.